The number of alkyl halides is 6. The van der Waals surface area contributed by atoms with Gasteiger partial charge < -0.3 is 20.2 Å². The normalized spacial score (nSPS) is 15.3. The molecule has 1 saturated heterocycles. The number of rotatable bonds is 2. The summed E-state index contributed by atoms with van der Waals surface area (Å²) in [4.78, 5) is 22.9. The van der Waals surface area contributed by atoms with Crippen molar-refractivity contribution in [3.05, 3.63) is 41.7 Å². The second kappa shape index (κ2) is 7.88. The van der Waals surface area contributed by atoms with Gasteiger partial charge in [-0.3, -0.25) is 0 Å². The van der Waals surface area contributed by atoms with E-state index in [2.05, 4.69) is 15.3 Å². The van der Waals surface area contributed by atoms with Crippen LogP contribution in [0.15, 0.2) is 30.6 Å². The number of amides is 2. The molecular weight excluding hydrogens is 420 g/mol. The molecule has 0 aliphatic carbocycles. The zero-order valence-electron chi connectivity index (χ0n) is 15.1. The summed E-state index contributed by atoms with van der Waals surface area (Å²) >= 11 is 0. The highest BCUT2D eigenvalue weighted by Gasteiger charge is 2.37. The van der Waals surface area contributed by atoms with Gasteiger partial charge in [-0.1, -0.05) is 0 Å². The minimum absolute atomic E-state index is 0.0121. The van der Waals surface area contributed by atoms with Gasteiger partial charge in [0.2, 0.25) is 0 Å². The van der Waals surface area contributed by atoms with E-state index in [1.807, 2.05) is 0 Å². The van der Waals surface area contributed by atoms with Crippen LogP contribution in [0.5, 0.6) is 5.88 Å². The summed E-state index contributed by atoms with van der Waals surface area (Å²) < 4.78 is 77.6. The van der Waals surface area contributed by atoms with E-state index in [4.69, 9.17) is 0 Å². The number of hydrogen-bond acceptors (Lipinski definition) is 5. The zero-order chi connectivity index (χ0) is 22.1. The lowest BCUT2D eigenvalue weighted by molar-refractivity contribution is -0.143. The molecule has 0 radical (unpaired) electrons. The van der Waals surface area contributed by atoms with Crippen molar-refractivity contribution in [2.24, 2.45) is 0 Å². The minimum Gasteiger partial charge on any atom is -0.491 e. The van der Waals surface area contributed by atoms with Crippen LogP contribution in [0, 0.1) is 0 Å². The molecule has 1 aliphatic heterocycles. The first kappa shape index (κ1) is 21.5. The number of halogens is 6. The highest BCUT2D eigenvalue weighted by molar-refractivity contribution is 5.89. The zero-order valence-corrected chi connectivity index (χ0v) is 15.1. The number of urea groups is 1. The molecule has 0 spiro atoms. The number of nitrogens with zero attached hydrogens (tertiary/aromatic N) is 4. The van der Waals surface area contributed by atoms with Gasteiger partial charge in [0.1, 0.15) is 0 Å². The van der Waals surface area contributed by atoms with Gasteiger partial charge in [0.05, 0.1) is 11.1 Å². The third kappa shape index (κ3) is 4.83. The molecule has 13 heteroatoms. The number of nitrogens with one attached hydrogen (secondary N) is 1. The maximum absolute atomic E-state index is 12.9. The summed E-state index contributed by atoms with van der Waals surface area (Å²) in [6.07, 6.45) is -7.34. The van der Waals surface area contributed by atoms with Gasteiger partial charge >= 0.3 is 18.4 Å². The SMILES string of the molecule is O=C(Nc1cc(C(F)(F)F)cc(C(F)(F)F)c1)N1CCN(c2nccnc2O)CC1. The van der Waals surface area contributed by atoms with Crippen molar-refractivity contribution in [1.29, 1.82) is 0 Å². The summed E-state index contributed by atoms with van der Waals surface area (Å²) in [5.41, 5.74) is -3.65. The third-order valence-corrected chi connectivity index (χ3v) is 4.37. The molecule has 0 saturated carbocycles. The minimum atomic E-state index is -5.01. The van der Waals surface area contributed by atoms with E-state index >= 15 is 0 Å². The van der Waals surface area contributed by atoms with Gasteiger partial charge in [0.25, 0.3) is 5.88 Å². The highest BCUT2D eigenvalue weighted by atomic mass is 19.4. The number of aromatic nitrogens is 2. The predicted octanol–water partition coefficient (Wildman–Crippen LogP) is 3.57. The molecule has 2 N–H and O–H groups in total. The summed E-state index contributed by atoms with van der Waals surface area (Å²) in [6.45, 7) is 0.673. The van der Waals surface area contributed by atoms with Crippen LogP contribution < -0.4 is 10.2 Å². The molecule has 2 amide bonds. The first-order valence-electron chi connectivity index (χ1n) is 8.55. The fourth-order valence-corrected chi connectivity index (χ4v) is 2.90. The highest BCUT2D eigenvalue weighted by Crippen LogP contribution is 2.37. The fraction of sp³-hybridized carbons (Fsp3) is 0.353. The maximum atomic E-state index is 12.9. The summed E-state index contributed by atoms with van der Waals surface area (Å²) in [5, 5.41) is 11.8. The van der Waals surface area contributed by atoms with Crippen molar-refractivity contribution >= 4 is 17.5 Å². The number of hydrogen-bond donors (Lipinski definition) is 2. The molecule has 3 rings (SSSR count). The van der Waals surface area contributed by atoms with Crippen LogP contribution in [0.1, 0.15) is 11.1 Å². The Labute approximate surface area is 165 Å². The maximum Gasteiger partial charge on any atom is 0.416 e. The lowest BCUT2D eigenvalue weighted by Gasteiger charge is -2.35. The van der Waals surface area contributed by atoms with Crippen molar-refractivity contribution in [3.8, 4) is 5.88 Å². The van der Waals surface area contributed by atoms with Crippen molar-refractivity contribution in [2.45, 2.75) is 12.4 Å². The van der Waals surface area contributed by atoms with E-state index in [1.165, 1.54) is 17.3 Å². The van der Waals surface area contributed by atoms with E-state index in [1.54, 1.807) is 4.90 Å². The lowest BCUT2D eigenvalue weighted by Crippen LogP contribution is -2.50. The van der Waals surface area contributed by atoms with Gasteiger partial charge in [-0.15, -0.1) is 0 Å². The fourth-order valence-electron chi connectivity index (χ4n) is 2.90. The van der Waals surface area contributed by atoms with Crippen LogP contribution in [0.2, 0.25) is 0 Å². The Morgan fingerprint density at radius 3 is 1.93 bits per heavy atom. The molecule has 1 fully saturated rings. The molecule has 1 aliphatic rings. The summed E-state index contributed by atoms with van der Waals surface area (Å²) in [7, 11) is 0. The van der Waals surface area contributed by atoms with E-state index in [9.17, 15) is 36.2 Å². The second-order valence-electron chi connectivity index (χ2n) is 6.40. The number of carbonyl (C=O) groups excluding carboxylic acids is 1. The monoisotopic (exact) mass is 435 g/mol. The van der Waals surface area contributed by atoms with Crippen LogP contribution in [0.3, 0.4) is 0 Å². The molecule has 1 aromatic carbocycles. The molecule has 7 nitrogen and oxygen atoms in total. The Kier molecular flexibility index (Phi) is 5.63. The van der Waals surface area contributed by atoms with Crippen molar-refractivity contribution in [2.75, 3.05) is 36.4 Å². The van der Waals surface area contributed by atoms with Crippen molar-refractivity contribution in [1.82, 2.24) is 14.9 Å². The van der Waals surface area contributed by atoms with Crippen molar-refractivity contribution in [3.63, 3.8) is 0 Å². The average molecular weight is 435 g/mol. The second-order valence-corrected chi connectivity index (χ2v) is 6.40. The van der Waals surface area contributed by atoms with E-state index in [0.29, 0.717) is 12.1 Å². The molecule has 1 aromatic heterocycles. The van der Waals surface area contributed by atoms with Crippen LogP contribution in [-0.2, 0) is 12.4 Å². The first-order valence-corrected chi connectivity index (χ1v) is 8.55. The average Bonchev–Trinajstić information content (AvgIpc) is 2.67. The van der Waals surface area contributed by atoms with Gasteiger partial charge in [-0.05, 0) is 18.2 Å². The summed E-state index contributed by atoms with van der Waals surface area (Å²) in [6, 6.07) is 0.0366. The van der Waals surface area contributed by atoms with Gasteiger partial charge in [0, 0.05) is 44.3 Å². The topological polar surface area (TPSA) is 81.6 Å². The Bertz CT molecular complexity index is 893. The van der Waals surface area contributed by atoms with Gasteiger partial charge in [0.15, 0.2) is 5.82 Å². The molecule has 30 heavy (non-hydrogen) atoms. The third-order valence-electron chi connectivity index (χ3n) is 4.37. The standard InChI is InChI=1S/C17H15F6N5O2/c18-16(19,20)10-7-11(17(21,22)23)9-12(8-10)26-15(30)28-5-3-27(4-6-28)13-14(29)25-2-1-24-13/h1-2,7-9H,3-6H2,(H,25,29)(H,26,30). The van der Waals surface area contributed by atoms with E-state index < -0.39 is 35.2 Å². The number of anilines is 2. The van der Waals surface area contributed by atoms with Crippen LogP contribution in [-0.4, -0.2) is 52.2 Å². The lowest BCUT2D eigenvalue weighted by atomic mass is 10.1. The van der Waals surface area contributed by atoms with Crippen molar-refractivity contribution < 1.29 is 36.2 Å². The number of benzene rings is 1. The Morgan fingerprint density at radius 2 is 1.43 bits per heavy atom. The van der Waals surface area contributed by atoms with Crippen LogP contribution >= 0.6 is 0 Å². The molecule has 2 heterocycles. The Hall–Kier alpha value is -3.25. The van der Waals surface area contributed by atoms with Gasteiger partial charge in [-0.25, -0.2) is 14.8 Å². The van der Waals surface area contributed by atoms with E-state index in [-0.39, 0.29) is 43.9 Å². The first-order chi connectivity index (χ1) is 13.9. The molecule has 162 valence electrons. The largest absolute Gasteiger partial charge is 0.491 e. The Balaban J connectivity index is 1.71. The van der Waals surface area contributed by atoms with Gasteiger partial charge in [-0.2, -0.15) is 26.3 Å². The predicted molar refractivity (Wildman–Crippen MR) is 92.9 cm³/mol. The smallest absolute Gasteiger partial charge is 0.416 e. The molecule has 0 unspecified atom stereocenters. The molecular formula is C17H15F6N5O2. The molecule has 2 aromatic rings. The quantitative estimate of drug-likeness (QED) is 0.705. The Morgan fingerprint density at radius 1 is 0.900 bits per heavy atom. The number of aromatic hydroxyl groups is 1. The van der Waals surface area contributed by atoms with E-state index in [0.717, 1.165) is 0 Å². The molecule has 0 atom stereocenters. The van der Waals surface area contributed by atoms with Crippen LogP contribution in [0.25, 0.3) is 0 Å². The summed E-state index contributed by atoms with van der Waals surface area (Å²) in [5.74, 6) is -0.0793. The number of piperazine rings is 1. The molecule has 0 bridgehead atoms. The van der Waals surface area contributed by atoms with Crippen LogP contribution in [0.4, 0.5) is 42.6 Å². The number of carbonyl (C=O) groups is 1.